The molecular weight excluding hydrogens is 359 g/mol. The maximum Gasteiger partial charge on any atom is 0.454 e. The van der Waals surface area contributed by atoms with Crippen LogP contribution in [0.1, 0.15) is 36.6 Å². The van der Waals surface area contributed by atoms with Gasteiger partial charge in [-0.1, -0.05) is 12.8 Å². The van der Waals surface area contributed by atoms with Gasteiger partial charge in [-0.2, -0.15) is 0 Å². The van der Waals surface area contributed by atoms with Gasteiger partial charge in [0, 0.05) is 29.1 Å². The molecular formula is C12H16BBrN2O2S2. The lowest BCUT2D eigenvalue weighted by Gasteiger charge is -1.84. The number of hydrogen-bond donors (Lipinski definition) is 2. The maximum atomic E-state index is 8.25. The molecule has 0 atom stereocenters. The normalized spacial score (nSPS) is 16.6. The lowest BCUT2D eigenvalue weighted by atomic mass is 9.84. The van der Waals surface area contributed by atoms with Crippen LogP contribution in [0.25, 0.3) is 0 Å². The molecule has 2 aromatic heterocycles. The molecule has 108 valence electrons. The van der Waals surface area contributed by atoms with Crippen LogP contribution in [0.2, 0.25) is 5.82 Å². The molecule has 2 aliphatic carbocycles. The summed E-state index contributed by atoms with van der Waals surface area (Å²) in [6.07, 6.45) is 8.38. The smallest absolute Gasteiger partial charge is 0.427 e. The highest BCUT2D eigenvalue weighted by Gasteiger charge is 2.33. The second-order valence-electron chi connectivity index (χ2n) is 4.68. The molecule has 8 heteroatoms. The zero-order chi connectivity index (χ0) is 14.4. The zero-order valence-corrected chi connectivity index (χ0v) is 14.1. The minimum atomic E-state index is -1.04. The van der Waals surface area contributed by atoms with E-state index in [1.165, 1.54) is 17.8 Å². The molecule has 0 radical (unpaired) electrons. The summed E-state index contributed by atoms with van der Waals surface area (Å²) in [5.41, 5.74) is 0. The molecule has 0 bridgehead atoms. The molecule has 0 unspecified atom stereocenters. The maximum absolute atomic E-state index is 8.25. The van der Waals surface area contributed by atoms with Gasteiger partial charge < -0.3 is 10.0 Å². The van der Waals surface area contributed by atoms with E-state index in [1.807, 2.05) is 17.0 Å². The van der Waals surface area contributed by atoms with Crippen LogP contribution >= 0.6 is 38.6 Å². The van der Waals surface area contributed by atoms with Gasteiger partial charge in [-0.05, 0) is 34.6 Å². The Morgan fingerprint density at radius 2 is 1.70 bits per heavy atom. The van der Waals surface area contributed by atoms with Crippen molar-refractivity contribution in [3.63, 3.8) is 0 Å². The Balaban J connectivity index is 0.000000112. The topological polar surface area (TPSA) is 66.2 Å². The summed E-state index contributed by atoms with van der Waals surface area (Å²) in [4.78, 5) is 8.05. The third-order valence-electron chi connectivity index (χ3n) is 2.82. The van der Waals surface area contributed by atoms with Crippen molar-refractivity contribution in [3.8, 4) is 0 Å². The van der Waals surface area contributed by atoms with E-state index in [4.69, 9.17) is 10.0 Å². The van der Waals surface area contributed by atoms with Crippen LogP contribution in [-0.2, 0) is 0 Å². The van der Waals surface area contributed by atoms with E-state index in [0.717, 1.165) is 22.7 Å². The average Bonchev–Trinajstić information content (AvgIpc) is 3.36. The molecule has 4 nitrogen and oxygen atoms in total. The van der Waals surface area contributed by atoms with E-state index in [2.05, 4.69) is 25.9 Å². The third-order valence-corrected chi connectivity index (χ3v) is 5.09. The minimum Gasteiger partial charge on any atom is -0.427 e. The molecule has 2 aliphatic rings. The van der Waals surface area contributed by atoms with Crippen molar-refractivity contribution in [1.82, 2.24) is 9.97 Å². The second-order valence-corrected chi connectivity index (χ2v) is 7.78. The van der Waals surface area contributed by atoms with Gasteiger partial charge >= 0.3 is 7.12 Å². The molecule has 0 aromatic carbocycles. The van der Waals surface area contributed by atoms with Crippen LogP contribution < -0.4 is 0 Å². The Morgan fingerprint density at radius 3 is 1.95 bits per heavy atom. The highest BCUT2D eigenvalue weighted by Crippen LogP contribution is 2.40. The quantitative estimate of drug-likeness (QED) is 0.788. The lowest BCUT2D eigenvalue weighted by molar-refractivity contribution is 0.403. The van der Waals surface area contributed by atoms with Crippen molar-refractivity contribution in [2.45, 2.75) is 37.4 Å². The van der Waals surface area contributed by atoms with Gasteiger partial charge in [0.1, 0.15) is 0 Å². The molecule has 2 fully saturated rings. The van der Waals surface area contributed by atoms with Crippen molar-refractivity contribution < 1.29 is 10.0 Å². The molecule has 0 aliphatic heterocycles. The summed E-state index contributed by atoms with van der Waals surface area (Å²) >= 11 is 6.55. The van der Waals surface area contributed by atoms with Gasteiger partial charge in [0.25, 0.3) is 0 Å². The van der Waals surface area contributed by atoms with Gasteiger partial charge in [0.2, 0.25) is 0 Å². The van der Waals surface area contributed by atoms with Crippen LogP contribution in [-0.4, -0.2) is 27.1 Å². The first kappa shape index (κ1) is 16.1. The average molecular weight is 375 g/mol. The standard InChI is InChI=1S/C6H7NS.C3H7BO2.C3H2BrNS/c1-2-5(1)6-7-3-4-8-6;5-4(6)3-1-2-3;4-3-5-1-2-6-3/h3-5H,1-2H2;3,5-6H,1-2H2;1-2H. The number of nitrogens with zero attached hydrogens (tertiary/aromatic N) is 2. The fourth-order valence-corrected chi connectivity index (χ4v) is 2.98. The van der Waals surface area contributed by atoms with E-state index < -0.39 is 7.12 Å². The SMILES string of the molecule is Brc1nccs1.OB(O)C1CC1.c1csc(C2CC2)n1. The minimum absolute atomic E-state index is 0.213. The first-order chi connectivity index (χ1) is 9.66. The molecule has 2 saturated carbocycles. The first-order valence-corrected chi connectivity index (χ1v) is 9.02. The van der Waals surface area contributed by atoms with Crippen LogP contribution in [0.3, 0.4) is 0 Å². The summed E-state index contributed by atoms with van der Waals surface area (Å²) < 4.78 is 0.947. The summed E-state index contributed by atoms with van der Waals surface area (Å²) in [6.45, 7) is 0. The fraction of sp³-hybridized carbons (Fsp3) is 0.500. The predicted molar refractivity (Wildman–Crippen MR) is 87.1 cm³/mol. The molecule has 0 spiro atoms. The number of aromatic nitrogens is 2. The Kier molecular flexibility index (Phi) is 6.63. The van der Waals surface area contributed by atoms with Gasteiger partial charge in [-0.3, -0.25) is 0 Å². The van der Waals surface area contributed by atoms with Crippen molar-refractivity contribution >= 4 is 45.7 Å². The zero-order valence-electron chi connectivity index (χ0n) is 10.9. The Hall–Kier alpha value is -0.275. The van der Waals surface area contributed by atoms with Gasteiger partial charge in [0.05, 0.1) is 5.01 Å². The number of hydrogen-bond acceptors (Lipinski definition) is 6. The highest BCUT2D eigenvalue weighted by molar-refractivity contribution is 9.11. The first-order valence-electron chi connectivity index (χ1n) is 6.47. The molecule has 2 heterocycles. The van der Waals surface area contributed by atoms with Crippen LogP contribution in [0.5, 0.6) is 0 Å². The molecule has 2 N–H and O–H groups in total. The number of halogens is 1. The van der Waals surface area contributed by atoms with Crippen molar-refractivity contribution in [1.29, 1.82) is 0 Å². The highest BCUT2D eigenvalue weighted by atomic mass is 79.9. The summed E-state index contributed by atoms with van der Waals surface area (Å²) in [7, 11) is -1.04. The monoisotopic (exact) mass is 374 g/mol. The summed E-state index contributed by atoms with van der Waals surface area (Å²) in [5.74, 6) is 1.06. The number of rotatable bonds is 2. The predicted octanol–water partition coefficient (Wildman–Crippen LogP) is 3.55. The summed E-state index contributed by atoms with van der Waals surface area (Å²) in [5, 5.41) is 21.8. The molecule has 20 heavy (non-hydrogen) atoms. The Morgan fingerprint density at radius 1 is 1.05 bits per heavy atom. The second kappa shape index (κ2) is 8.24. The van der Waals surface area contributed by atoms with Gasteiger partial charge in [-0.25, -0.2) is 9.97 Å². The molecule has 2 aromatic rings. The molecule has 0 saturated heterocycles. The Bertz CT molecular complexity index is 474. The summed E-state index contributed by atoms with van der Waals surface area (Å²) in [6, 6.07) is 0. The lowest BCUT2D eigenvalue weighted by Crippen LogP contribution is -2.09. The van der Waals surface area contributed by atoms with E-state index >= 15 is 0 Å². The van der Waals surface area contributed by atoms with E-state index in [0.29, 0.717) is 0 Å². The van der Waals surface area contributed by atoms with Crippen molar-refractivity contribution in [2.75, 3.05) is 0 Å². The van der Waals surface area contributed by atoms with Crippen LogP contribution in [0.4, 0.5) is 0 Å². The number of thiazole rings is 2. The van der Waals surface area contributed by atoms with E-state index in [9.17, 15) is 0 Å². The molecule has 4 rings (SSSR count). The van der Waals surface area contributed by atoms with Gasteiger partial charge in [0.15, 0.2) is 3.92 Å². The van der Waals surface area contributed by atoms with E-state index in [1.54, 1.807) is 28.9 Å². The van der Waals surface area contributed by atoms with Crippen LogP contribution in [0, 0.1) is 0 Å². The van der Waals surface area contributed by atoms with Crippen molar-refractivity contribution in [2.24, 2.45) is 0 Å². The third kappa shape index (κ3) is 6.45. The van der Waals surface area contributed by atoms with E-state index in [-0.39, 0.29) is 5.82 Å². The Labute approximate surface area is 135 Å². The van der Waals surface area contributed by atoms with Crippen molar-refractivity contribution in [3.05, 3.63) is 32.1 Å². The van der Waals surface area contributed by atoms with Gasteiger partial charge in [-0.15, -0.1) is 22.7 Å². The largest absolute Gasteiger partial charge is 0.454 e. The fourth-order valence-electron chi connectivity index (χ4n) is 1.37. The van der Waals surface area contributed by atoms with Crippen LogP contribution in [0.15, 0.2) is 27.1 Å². The molecule has 0 amide bonds.